The third-order valence-corrected chi connectivity index (χ3v) is 4.83. The molecule has 2 aliphatic rings. The first-order chi connectivity index (χ1) is 11.3. The topological polar surface area (TPSA) is 80.0 Å². The second-order valence-corrected chi connectivity index (χ2v) is 6.56. The van der Waals surface area contributed by atoms with Gasteiger partial charge in [0, 0.05) is 29.8 Å². The summed E-state index contributed by atoms with van der Waals surface area (Å²) in [5.74, 6) is 1.16. The second-order valence-electron chi connectivity index (χ2n) is 6.56. The molecule has 2 fully saturated rings. The molecule has 0 saturated carbocycles. The molecule has 2 bridgehead atoms. The smallest absolute Gasteiger partial charge is 0.224 e. The maximum absolute atomic E-state index is 12.3. The van der Waals surface area contributed by atoms with Gasteiger partial charge in [-0.25, -0.2) is 0 Å². The molecule has 2 unspecified atom stereocenters. The number of halogens is 1. The Kier molecular flexibility index (Phi) is 5.16. The highest BCUT2D eigenvalue weighted by Crippen LogP contribution is 2.32. The van der Waals surface area contributed by atoms with Gasteiger partial charge in [0.25, 0.3) is 0 Å². The van der Waals surface area contributed by atoms with Crippen molar-refractivity contribution < 1.29 is 9.32 Å². The van der Waals surface area contributed by atoms with E-state index in [1.165, 1.54) is 19.2 Å². The number of hydrogen-bond acceptors (Lipinski definition) is 5. The fraction of sp³-hybridized carbons (Fsp3) is 0.471. The Morgan fingerprint density at radius 3 is 2.54 bits per heavy atom. The summed E-state index contributed by atoms with van der Waals surface area (Å²) in [6, 6.07) is 8.75. The zero-order valence-corrected chi connectivity index (χ0v) is 14.1. The van der Waals surface area contributed by atoms with Gasteiger partial charge in [0.2, 0.25) is 18.1 Å². The fourth-order valence-electron chi connectivity index (χ4n) is 3.82. The lowest BCUT2D eigenvalue weighted by Gasteiger charge is -2.28. The van der Waals surface area contributed by atoms with E-state index in [9.17, 15) is 4.79 Å². The van der Waals surface area contributed by atoms with Crippen molar-refractivity contribution >= 4 is 24.0 Å². The number of nitrogens with one attached hydrogen (secondary N) is 2. The third-order valence-electron chi connectivity index (χ3n) is 4.83. The molecule has 3 heterocycles. The first-order valence-corrected chi connectivity index (χ1v) is 8.19. The molecule has 2 aromatic rings. The van der Waals surface area contributed by atoms with Crippen molar-refractivity contribution in [1.29, 1.82) is 0 Å². The largest absolute Gasteiger partial charge is 0.342 e. The number of aromatic nitrogens is 2. The number of piperidine rings is 1. The maximum atomic E-state index is 12.3. The van der Waals surface area contributed by atoms with E-state index in [1.54, 1.807) is 0 Å². The van der Waals surface area contributed by atoms with Crippen molar-refractivity contribution in [2.75, 3.05) is 5.32 Å². The Hall–Kier alpha value is -1.92. The quantitative estimate of drug-likeness (QED) is 0.887. The van der Waals surface area contributed by atoms with Gasteiger partial charge in [-0.3, -0.25) is 4.79 Å². The van der Waals surface area contributed by atoms with Crippen LogP contribution in [0.4, 0.5) is 5.69 Å². The monoisotopic (exact) mass is 348 g/mol. The van der Waals surface area contributed by atoms with E-state index in [-0.39, 0.29) is 18.3 Å². The molecule has 4 rings (SSSR count). The number of anilines is 1. The van der Waals surface area contributed by atoms with Crippen LogP contribution in [0.2, 0.25) is 0 Å². The van der Waals surface area contributed by atoms with Crippen LogP contribution in [0, 0.1) is 5.92 Å². The summed E-state index contributed by atoms with van der Waals surface area (Å²) in [5.41, 5.74) is 1.67. The molecule has 24 heavy (non-hydrogen) atoms. The number of nitrogens with zero attached hydrogens (tertiary/aromatic N) is 2. The molecular formula is C17H21ClN4O2. The lowest BCUT2D eigenvalue weighted by Crippen LogP contribution is -2.39. The molecule has 128 valence electrons. The normalized spacial score (nSPS) is 25.1. The minimum atomic E-state index is 0. The van der Waals surface area contributed by atoms with Crippen LogP contribution in [-0.4, -0.2) is 28.1 Å². The molecule has 0 aliphatic carbocycles. The molecule has 2 saturated heterocycles. The average Bonchev–Trinajstić information content (AvgIpc) is 3.18. The Morgan fingerprint density at radius 1 is 1.21 bits per heavy atom. The van der Waals surface area contributed by atoms with Gasteiger partial charge >= 0.3 is 0 Å². The minimum absolute atomic E-state index is 0. The summed E-state index contributed by atoms with van der Waals surface area (Å²) in [6.07, 6.45) is 6.69. The molecule has 6 nitrogen and oxygen atoms in total. The summed E-state index contributed by atoms with van der Waals surface area (Å²) in [5, 5.41) is 10.4. The van der Waals surface area contributed by atoms with Crippen LogP contribution in [0.15, 0.2) is 35.2 Å². The van der Waals surface area contributed by atoms with E-state index in [4.69, 9.17) is 4.52 Å². The molecular weight excluding hydrogens is 328 g/mol. The number of fused-ring (bicyclic) bond motifs is 2. The van der Waals surface area contributed by atoms with Gasteiger partial charge in [-0.2, -0.15) is 4.98 Å². The molecule has 1 aromatic heterocycles. The van der Waals surface area contributed by atoms with Crippen molar-refractivity contribution in [2.45, 2.75) is 44.2 Å². The van der Waals surface area contributed by atoms with Crippen molar-refractivity contribution in [1.82, 2.24) is 15.5 Å². The van der Waals surface area contributed by atoms with E-state index in [2.05, 4.69) is 20.8 Å². The number of hydrogen-bond donors (Lipinski definition) is 2. The molecule has 2 aliphatic heterocycles. The highest BCUT2D eigenvalue weighted by Gasteiger charge is 2.34. The molecule has 1 amide bonds. The number of carbonyl (C=O) groups is 1. The van der Waals surface area contributed by atoms with Crippen molar-refractivity contribution in [3.8, 4) is 11.4 Å². The standard InChI is InChI=1S/C17H20N4O2.ClH/c22-16(9-11-7-14-5-6-15(8-11)19-14)20-13-3-1-12(2-4-13)17-18-10-23-21-17;/h1-4,10-11,14-15,19H,5-9H2,(H,20,22);1H. The third kappa shape index (κ3) is 3.76. The van der Waals surface area contributed by atoms with Gasteiger partial charge in [0.1, 0.15) is 0 Å². The van der Waals surface area contributed by atoms with Gasteiger partial charge in [0.15, 0.2) is 0 Å². The highest BCUT2D eigenvalue weighted by molar-refractivity contribution is 5.91. The summed E-state index contributed by atoms with van der Waals surface area (Å²) >= 11 is 0. The van der Waals surface area contributed by atoms with Crippen LogP contribution < -0.4 is 10.6 Å². The van der Waals surface area contributed by atoms with Gasteiger partial charge in [-0.15, -0.1) is 12.4 Å². The number of carbonyl (C=O) groups excluding carboxylic acids is 1. The van der Waals surface area contributed by atoms with E-state index in [0.29, 0.717) is 30.2 Å². The van der Waals surface area contributed by atoms with Crippen LogP contribution >= 0.6 is 12.4 Å². The van der Waals surface area contributed by atoms with Crippen molar-refractivity contribution in [3.05, 3.63) is 30.7 Å². The maximum Gasteiger partial charge on any atom is 0.224 e. The van der Waals surface area contributed by atoms with Crippen LogP contribution in [-0.2, 0) is 4.79 Å². The van der Waals surface area contributed by atoms with E-state index >= 15 is 0 Å². The van der Waals surface area contributed by atoms with E-state index in [0.717, 1.165) is 24.1 Å². The second kappa shape index (κ2) is 7.32. The van der Waals surface area contributed by atoms with Crippen LogP contribution in [0.3, 0.4) is 0 Å². The predicted molar refractivity (Wildman–Crippen MR) is 92.9 cm³/mol. The Bertz CT molecular complexity index is 662. The van der Waals surface area contributed by atoms with Gasteiger partial charge < -0.3 is 15.2 Å². The molecule has 2 N–H and O–H groups in total. The summed E-state index contributed by atoms with van der Waals surface area (Å²) in [4.78, 5) is 16.3. The van der Waals surface area contributed by atoms with Gasteiger partial charge in [-0.1, -0.05) is 5.16 Å². The lowest BCUT2D eigenvalue weighted by molar-refractivity contribution is -0.117. The first-order valence-electron chi connectivity index (χ1n) is 8.19. The molecule has 2 atom stereocenters. The van der Waals surface area contributed by atoms with Crippen LogP contribution in [0.1, 0.15) is 32.1 Å². The van der Waals surface area contributed by atoms with Gasteiger partial charge in [0.05, 0.1) is 0 Å². The van der Waals surface area contributed by atoms with Crippen LogP contribution in [0.25, 0.3) is 11.4 Å². The summed E-state index contributed by atoms with van der Waals surface area (Å²) < 4.78 is 4.73. The van der Waals surface area contributed by atoms with Crippen LogP contribution in [0.5, 0.6) is 0 Å². The Morgan fingerprint density at radius 2 is 1.92 bits per heavy atom. The summed E-state index contributed by atoms with van der Waals surface area (Å²) in [7, 11) is 0. The number of amides is 1. The Balaban J connectivity index is 0.00000169. The Labute approximate surface area is 146 Å². The first kappa shape index (κ1) is 16.9. The predicted octanol–water partition coefficient (Wildman–Crippen LogP) is 3.02. The zero-order valence-electron chi connectivity index (χ0n) is 13.3. The van der Waals surface area contributed by atoms with E-state index < -0.39 is 0 Å². The average molecular weight is 349 g/mol. The van der Waals surface area contributed by atoms with E-state index in [1.807, 2.05) is 24.3 Å². The molecule has 0 radical (unpaired) electrons. The number of rotatable bonds is 4. The molecule has 7 heteroatoms. The molecule has 0 spiro atoms. The van der Waals surface area contributed by atoms with Crippen molar-refractivity contribution in [3.63, 3.8) is 0 Å². The lowest BCUT2D eigenvalue weighted by atomic mass is 9.89. The highest BCUT2D eigenvalue weighted by atomic mass is 35.5. The fourth-order valence-corrected chi connectivity index (χ4v) is 3.82. The SMILES string of the molecule is Cl.O=C(CC1CC2CCC(C1)N2)Nc1ccc(-c2ncon2)cc1. The summed E-state index contributed by atoms with van der Waals surface area (Å²) in [6.45, 7) is 0. The minimum Gasteiger partial charge on any atom is -0.342 e. The molecule has 1 aromatic carbocycles. The van der Waals surface area contributed by atoms with Gasteiger partial charge in [-0.05, 0) is 55.9 Å². The zero-order chi connectivity index (χ0) is 15.6. The van der Waals surface area contributed by atoms with Crippen molar-refractivity contribution in [2.24, 2.45) is 5.92 Å². The number of benzene rings is 1.